The summed E-state index contributed by atoms with van der Waals surface area (Å²) in [6, 6.07) is 19.4. The first kappa shape index (κ1) is 13.6. The maximum Gasteiger partial charge on any atom is 0.143 e. The minimum Gasteiger partial charge on any atom is -0.455 e. The molecule has 0 spiro atoms. The average molecular weight is 508 g/mol. The van der Waals surface area contributed by atoms with Crippen LogP contribution in [0.4, 0.5) is 0 Å². The highest BCUT2D eigenvalue weighted by Gasteiger charge is 2.21. The first-order valence-corrected chi connectivity index (χ1v) is 12.5. The standard InChI is InChI=1S/C38H24O/c1-2-13-25(14-3-1)26-15-4-5-17-28(26)36-29-18-6-8-20-31(29)37(32-21-9-7-19-30(32)36)34-23-12-22-33-27-16-10-11-24-35(27)39-38(33)34/h1-24H/i4D,5D,10D,11D,12D,15D,16D,17D,22D,23D,24D. The van der Waals surface area contributed by atoms with Gasteiger partial charge in [0.25, 0.3) is 0 Å². The van der Waals surface area contributed by atoms with Crippen LogP contribution in [0.1, 0.15) is 15.1 Å². The molecule has 0 aliphatic carbocycles. The Bertz CT molecular complexity index is 2710. The van der Waals surface area contributed by atoms with E-state index >= 15 is 0 Å². The van der Waals surface area contributed by atoms with Gasteiger partial charge in [0.05, 0.1) is 15.1 Å². The Kier molecular flexibility index (Phi) is 3.04. The molecular formula is C38H24O. The summed E-state index contributed by atoms with van der Waals surface area (Å²) >= 11 is 0. The lowest BCUT2D eigenvalue weighted by molar-refractivity contribution is 0.670. The maximum atomic E-state index is 9.21. The van der Waals surface area contributed by atoms with Gasteiger partial charge in [0, 0.05) is 21.9 Å². The summed E-state index contributed by atoms with van der Waals surface area (Å²) in [6.07, 6.45) is 0. The van der Waals surface area contributed by atoms with E-state index in [4.69, 9.17) is 16.8 Å². The molecule has 0 aliphatic rings. The molecule has 0 fully saturated rings. The first-order valence-electron chi connectivity index (χ1n) is 18.0. The Balaban J connectivity index is 1.62. The molecule has 0 radical (unpaired) electrons. The van der Waals surface area contributed by atoms with Gasteiger partial charge in [-0.1, -0.05) is 139 Å². The predicted molar refractivity (Wildman–Crippen MR) is 165 cm³/mol. The van der Waals surface area contributed by atoms with Crippen LogP contribution in [0.3, 0.4) is 0 Å². The van der Waals surface area contributed by atoms with Crippen molar-refractivity contribution in [1.29, 1.82) is 0 Å². The van der Waals surface area contributed by atoms with Crippen LogP contribution in [0.15, 0.2) is 150 Å². The normalized spacial score (nSPS) is 15.5. The van der Waals surface area contributed by atoms with Gasteiger partial charge in [-0.3, -0.25) is 0 Å². The zero-order valence-corrected chi connectivity index (χ0v) is 20.4. The van der Waals surface area contributed by atoms with Crippen LogP contribution in [0.25, 0.3) is 76.9 Å². The Morgan fingerprint density at radius 1 is 0.410 bits per heavy atom. The van der Waals surface area contributed by atoms with Crippen molar-refractivity contribution >= 4 is 43.5 Å². The van der Waals surface area contributed by atoms with Crippen molar-refractivity contribution in [3.05, 3.63) is 145 Å². The molecule has 0 unspecified atom stereocenters. The third-order valence-corrected chi connectivity index (χ3v) is 7.12. The van der Waals surface area contributed by atoms with E-state index in [0.717, 1.165) is 0 Å². The highest BCUT2D eigenvalue weighted by Crippen LogP contribution is 2.47. The van der Waals surface area contributed by atoms with E-state index in [1.54, 1.807) is 36.4 Å². The molecule has 1 nitrogen and oxygen atoms in total. The average Bonchev–Trinajstić information content (AvgIpc) is 3.54. The summed E-state index contributed by atoms with van der Waals surface area (Å²) in [5.41, 5.74) is 2.17. The fourth-order valence-corrected chi connectivity index (χ4v) is 5.49. The second kappa shape index (κ2) is 8.72. The third-order valence-electron chi connectivity index (χ3n) is 7.12. The molecule has 8 rings (SSSR count). The van der Waals surface area contributed by atoms with Gasteiger partial charge in [-0.05, 0) is 49.8 Å². The molecule has 1 heteroatoms. The highest BCUT2D eigenvalue weighted by molar-refractivity contribution is 6.24. The van der Waals surface area contributed by atoms with Crippen LogP contribution < -0.4 is 0 Å². The Hall–Kier alpha value is -5.14. The number of fused-ring (bicyclic) bond motifs is 5. The van der Waals surface area contributed by atoms with Crippen LogP contribution in [0, 0.1) is 0 Å². The van der Waals surface area contributed by atoms with Crippen molar-refractivity contribution in [3.8, 4) is 33.4 Å². The Labute approximate surface area is 242 Å². The van der Waals surface area contributed by atoms with Crippen molar-refractivity contribution in [3.63, 3.8) is 0 Å². The van der Waals surface area contributed by atoms with Crippen molar-refractivity contribution < 1.29 is 19.5 Å². The van der Waals surface area contributed by atoms with Crippen LogP contribution in [-0.2, 0) is 0 Å². The van der Waals surface area contributed by atoms with Gasteiger partial charge in [0.15, 0.2) is 0 Å². The Morgan fingerprint density at radius 3 is 1.62 bits per heavy atom. The molecule has 1 aromatic heterocycles. The van der Waals surface area contributed by atoms with Gasteiger partial charge < -0.3 is 4.42 Å². The molecule has 182 valence electrons. The fourth-order valence-electron chi connectivity index (χ4n) is 5.49. The molecule has 0 aliphatic heterocycles. The number of para-hydroxylation sites is 2. The van der Waals surface area contributed by atoms with Crippen molar-refractivity contribution in [2.45, 2.75) is 0 Å². The first-order chi connectivity index (χ1) is 24.0. The van der Waals surface area contributed by atoms with Crippen LogP contribution >= 0.6 is 0 Å². The van der Waals surface area contributed by atoms with Gasteiger partial charge >= 0.3 is 0 Å². The monoisotopic (exact) mass is 507 g/mol. The summed E-state index contributed by atoms with van der Waals surface area (Å²) in [6.45, 7) is 0. The van der Waals surface area contributed by atoms with E-state index in [1.165, 1.54) is 0 Å². The maximum absolute atomic E-state index is 9.21. The SMILES string of the molecule is [2H]c1c([2H])c([2H])c(-c2c3ccccc3c(-c3c([2H])c([2H])c([2H])c4c3oc3c([2H])c([2H])c([2H])c([2H])c34)c3ccccc23)c(-c2ccccc2)c1[2H]. The largest absolute Gasteiger partial charge is 0.455 e. The van der Waals surface area contributed by atoms with E-state index in [0.29, 0.717) is 49.4 Å². The molecule has 0 atom stereocenters. The predicted octanol–water partition coefficient (Wildman–Crippen LogP) is 10.9. The minimum atomic E-state index is -0.506. The lowest BCUT2D eigenvalue weighted by Gasteiger charge is -2.19. The molecule has 7 aromatic carbocycles. The van der Waals surface area contributed by atoms with Crippen molar-refractivity contribution in [2.75, 3.05) is 0 Å². The molecule has 0 bridgehead atoms. The van der Waals surface area contributed by atoms with E-state index in [9.17, 15) is 2.74 Å². The molecular weight excluding hydrogens is 472 g/mol. The zero-order valence-electron chi connectivity index (χ0n) is 31.4. The second-order valence-corrected chi connectivity index (χ2v) is 9.22. The lowest BCUT2D eigenvalue weighted by atomic mass is 9.83. The van der Waals surface area contributed by atoms with Crippen LogP contribution in [-0.4, -0.2) is 0 Å². The van der Waals surface area contributed by atoms with Crippen LogP contribution in [0.2, 0.25) is 0 Å². The van der Waals surface area contributed by atoms with Crippen LogP contribution in [0.5, 0.6) is 0 Å². The lowest BCUT2D eigenvalue weighted by Crippen LogP contribution is -1.92. The van der Waals surface area contributed by atoms with E-state index in [1.807, 2.05) is 42.5 Å². The number of benzene rings is 7. The smallest absolute Gasteiger partial charge is 0.143 e. The molecule has 0 saturated heterocycles. The molecule has 0 saturated carbocycles. The number of rotatable bonds is 3. The van der Waals surface area contributed by atoms with Gasteiger partial charge in [0.1, 0.15) is 11.2 Å². The number of hydrogen-bond acceptors (Lipinski definition) is 1. The summed E-state index contributed by atoms with van der Waals surface area (Å²) in [7, 11) is 0. The molecule has 1 heterocycles. The molecule has 8 aromatic rings. The second-order valence-electron chi connectivity index (χ2n) is 9.22. The number of furan rings is 1. The quantitative estimate of drug-likeness (QED) is 0.217. The molecule has 0 N–H and O–H groups in total. The summed E-state index contributed by atoms with van der Waals surface area (Å²) < 4.78 is 102. The topological polar surface area (TPSA) is 13.1 Å². The third kappa shape index (κ3) is 3.34. The molecule has 39 heavy (non-hydrogen) atoms. The Morgan fingerprint density at radius 2 is 0.923 bits per heavy atom. The highest BCUT2D eigenvalue weighted by atomic mass is 16.3. The molecule has 0 amide bonds. The van der Waals surface area contributed by atoms with Crippen molar-refractivity contribution in [2.24, 2.45) is 0 Å². The number of hydrogen-bond donors (Lipinski definition) is 0. The van der Waals surface area contributed by atoms with Gasteiger partial charge in [0.2, 0.25) is 0 Å². The van der Waals surface area contributed by atoms with E-state index in [2.05, 4.69) is 0 Å². The summed E-state index contributed by atoms with van der Waals surface area (Å²) in [5.74, 6) is 0. The van der Waals surface area contributed by atoms with Gasteiger partial charge in [-0.25, -0.2) is 0 Å². The van der Waals surface area contributed by atoms with Gasteiger partial charge in [-0.15, -0.1) is 0 Å². The van der Waals surface area contributed by atoms with Gasteiger partial charge in [-0.2, -0.15) is 0 Å². The summed E-state index contributed by atoms with van der Waals surface area (Å²) in [5, 5.41) is 2.29. The fraction of sp³-hybridized carbons (Fsp3) is 0. The van der Waals surface area contributed by atoms with Crippen molar-refractivity contribution in [1.82, 2.24) is 0 Å². The summed E-state index contributed by atoms with van der Waals surface area (Å²) in [4.78, 5) is 0. The van der Waals surface area contributed by atoms with E-state index in [-0.39, 0.29) is 57.7 Å². The van der Waals surface area contributed by atoms with E-state index < -0.39 is 36.3 Å². The minimum absolute atomic E-state index is 0.00350. The zero-order chi connectivity index (χ0) is 35.3.